The van der Waals surface area contributed by atoms with Crippen LogP contribution in [0.2, 0.25) is 0 Å². The Hall–Kier alpha value is -2.87. The van der Waals surface area contributed by atoms with E-state index < -0.39 is 0 Å². The van der Waals surface area contributed by atoms with E-state index in [-0.39, 0.29) is 17.8 Å². The maximum Gasteiger partial charge on any atom is 0.289 e. The average molecular weight is 452 g/mol. The summed E-state index contributed by atoms with van der Waals surface area (Å²) in [5.41, 5.74) is 2.34. The molecule has 3 aromatic rings. The Bertz CT molecular complexity index is 1060. The zero-order valence-electron chi connectivity index (χ0n) is 20.4. The predicted molar refractivity (Wildman–Crippen MR) is 133 cm³/mol. The van der Waals surface area contributed by atoms with Gasteiger partial charge >= 0.3 is 0 Å². The molecule has 0 bridgehead atoms. The van der Waals surface area contributed by atoms with Gasteiger partial charge in [0.1, 0.15) is 0 Å². The highest BCUT2D eigenvalue weighted by Crippen LogP contribution is 2.22. The molecule has 178 valence electrons. The van der Waals surface area contributed by atoms with Gasteiger partial charge in [-0.15, -0.1) is 10.2 Å². The quantitative estimate of drug-likeness (QED) is 0.487. The van der Waals surface area contributed by atoms with Gasteiger partial charge in [0.15, 0.2) is 0 Å². The minimum Gasteiger partial charge on any atom is -0.361 e. The van der Waals surface area contributed by atoms with Crippen molar-refractivity contribution in [2.45, 2.75) is 65.1 Å². The second-order valence-electron chi connectivity index (χ2n) is 9.97. The maximum absolute atomic E-state index is 13.1. The van der Waals surface area contributed by atoms with Crippen LogP contribution in [0, 0.1) is 5.92 Å². The Morgan fingerprint density at radius 2 is 1.88 bits per heavy atom. The first kappa shape index (κ1) is 23.3. The molecule has 0 radical (unpaired) electrons. The summed E-state index contributed by atoms with van der Waals surface area (Å²) in [6.07, 6.45) is 4.79. The van der Waals surface area contributed by atoms with E-state index in [1.807, 2.05) is 6.07 Å². The van der Waals surface area contributed by atoms with Crippen LogP contribution in [0.3, 0.4) is 0 Å². The monoisotopic (exact) mass is 451 g/mol. The summed E-state index contributed by atoms with van der Waals surface area (Å²) in [7, 11) is 2.15. The Balaban J connectivity index is 1.45. The molecule has 3 N–H and O–H groups in total. The van der Waals surface area contributed by atoms with Gasteiger partial charge in [-0.25, -0.2) is 0 Å². The Kier molecular flexibility index (Phi) is 7.02. The van der Waals surface area contributed by atoms with Gasteiger partial charge in [0.25, 0.3) is 5.91 Å². The maximum atomic E-state index is 13.1. The van der Waals surface area contributed by atoms with Crippen LogP contribution >= 0.6 is 0 Å². The number of carbonyl (C=O) groups is 1. The van der Waals surface area contributed by atoms with Crippen molar-refractivity contribution in [3.63, 3.8) is 0 Å². The number of aromatic nitrogens is 4. The minimum absolute atomic E-state index is 0.0244. The summed E-state index contributed by atoms with van der Waals surface area (Å²) >= 11 is 0. The third-order valence-electron chi connectivity index (χ3n) is 6.92. The lowest BCUT2D eigenvalue weighted by atomic mass is 9.97. The first-order chi connectivity index (χ1) is 15.8. The summed E-state index contributed by atoms with van der Waals surface area (Å²) < 4.78 is 0. The molecule has 1 aliphatic rings. The smallest absolute Gasteiger partial charge is 0.289 e. The zero-order valence-corrected chi connectivity index (χ0v) is 20.4. The van der Waals surface area contributed by atoms with Gasteiger partial charge in [-0.3, -0.25) is 9.69 Å². The van der Waals surface area contributed by atoms with Crippen molar-refractivity contribution in [1.29, 1.82) is 0 Å². The van der Waals surface area contributed by atoms with Crippen LogP contribution in [0.25, 0.3) is 10.9 Å². The normalized spacial score (nSPS) is 20.5. The van der Waals surface area contributed by atoms with Crippen molar-refractivity contribution in [3.8, 4) is 0 Å². The first-order valence-electron chi connectivity index (χ1n) is 12.1. The third kappa shape index (κ3) is 5.38. The first-order valence-corrected chi connectivity index (χ1v) is 12.1. The summed E-state index contributed by atoms with van der Waals surface area (Å²) in [5.74, 6) is 1.32. The summed E-state index contributed by atoms with van der Waals surface area (Å²) in [6.45, 7) is 10.5. The number of aromatic amines is 2. The largest absolute Gasteiger partial charge is 0.361 e. The molecule has 1 saturated heterocycles. The number of rotatable bonds is 8. The van der Waals surface area contributed by atoms with E-state index in [1.54, 1.807) is 0 Å². The molecule has 4 rings (SSSR count). The van der Waals surface area contributed by atoms with Crippen LogP contribution in [0.4, 0.5) is 5.95 Å². The number of nitrogens with one attached hydrogen (secondary N) is 3. The van der Waals surface area contributed by atoms with Gasteiger partial charge in [0.2, 0.25) is 11.8 Å². The Morgan fingerprint density at radius 3 is 2.61 bits per heavy atom. The molecule has 33 heavy (non-hydrogen) atoms. The van der Waals surface area contributed by atoms with E-state index in [0.717, 1.165) is 37.9 Å². The fraction of sp³-hybridized carbons (Fsp3) is 0.560. The second-order valence-corrected chi connectivity index (χ2v) is 9.97. The zero-order chi connectivity index (χ0) is 23.5. The molecule has 2 aromatic heterocycles. The minimum atomic E-state index is -0.197. The van der Waals surface area contributed by atoms with Crippen LogP contribution < -0.4 is 10.2 Å². The molecule has 8 nitrogen and oxygen atoms in total. The van der Waals surface area contributed by atoms with Crippen molar-refractivity contribution < 1.29 is 4.79 Å². The topological polar surface area (TPSA) is 92.9 Å². The van der Waals surface area contributed by atoms with Gasteiger partial charge in [-0.05, 0) is 57.7 Å². The van der Waals surface area contributed by atoms with Gasteiger partial charge in [-0.2, -0.15) is 0 Å². The molecule has 8 heteroatoms. The number of H-pyrrole nitrogens is 2. The molecular weight excluding hydrogens is 414 g/mol. The van der Waals surface area contributed by atoms with Gasteiger partial charge in [0, 0.05) is 48.3 Å². The van der Waals surface area contributed by atoms with Crippen molar-refractivity contribution in [1.82, 2.24) is 30.4 Å². The Morgan fingerprint density at radius 1 is 1.15 bits per heavy atom. The molecule has 1 unspecified atom stereocenters. The molecule has 1 aromatic carbocycles. The van der Waals surface area contributed by atoms with Gasteiger partial charge in [0.05, 0.1) is 0 Å². The fourth-order valence-electron chi connectivity index (χ4n) is 4.65. The molecule has 1 aliphatic heterocycles. The highest BCUT2D eigenvalue weighted by molar-refractivity contribution is 5.91. The number of hydrogen-bond acceptors (Lipinski definition) is 5. The molecule has 1 amide bonds. The summed E-state index contributed by atoms with van der Waals surface area (Å²) in [4.78, 5) is 24.1. The van der Waals surface area contributed by atoms with Crippen molar-refractivity contribution in [2.24, 2.45) is 5.92 Å². The third-order valence-corrected chi connectivity index (χ3v) is 6.92. The highest BCUT2D eigenvalue weighted by atomic mass is 16.2. The molecule has 0 saturated carbocycles. The number of hydrogen-bond donors (Lipinski definition) is 3. The summed E-state index contributed by atoms with van der Waals surface area (Å²) in [5, 5.41) is 12.9. The average Bonchev–Trinajstić information content (AvgIpc) is 3.43. The van der Waals surface area contributed by atoms with E-state index in [9.17, 15) is 4.79 Å². The van der Waals surface area contributed by atoms with Gasteiger partial charge in [-0.1, -0.05) is 32.0 Å². The lowest BCUT2D eigenvalue weighted by molar-refractivity contribution is 0.0923. The van der Waals surface area contributed by atoms with Crippen LogP contribution in [0.5, 0.6) is 0 Å². The lowest BCUT2D eigenvalue weighted by Crippen LogP contribution is -2.55. The van der Waals surface area contributed by atoms with Crippen LogP contribution in [0.15, 0.2) is 30.5 Å². The van der Waals surface area contributed by atoms with Crippen LogP contribution in [-0.2, 0) is 6.42 Å². The van der Waals surface area contributed by atoms with Crippen molar-refractivity contribution in [2.75, 3.05) is 25.0 Å². The lowest BCUT2D eigenvalue weighted by Gasteiger charge is -2.42. The van der Waals surface area contributed by atoms with Crippen LogP contribution in [0.1, 0.15) is 56.7 Å². The number of amides is 1. The molecule has 3 atom stereocenters. The second kappa shape index (κ2) is 9.95. The standard InChI is InChI=1S/C25H37N7O/c1-16(2)10-11-20(12-19-13-26-22-9-7-6-8-21(19)22)27-24(33)23-28-25(30-29-23)32-14-17(3)31(5)18(4)15-32/h6-9,13,16-18,20,26H,10-12,14-15H2,1-5H3,(H,27,33)(H,28,29,30)/t17-,18+,20?. The van der Waals surface area contributed by atoms with E-state index in [0.29, 0.717) is 23.9 Å². The van der Waals surface area contributed by atoms with Crippen LogP contribution in [-0.4, -0.2) is 69.2 Å². The number of benzene rings is 1. The summed E-state index contributed by atoms with van der Waals surface area (Å²) in [6, 6.07) is 9.14. The molecule has 0 aliphatic carbocycles. The number of piperazine rings is 1. The SMILES string of the molecule is CC(C)CCC(Cc1c[nH]c2ccccc12)NC(=O)c1nnc(N2C[C@@H](C)N(C)[C@@H](C)C2)[nH]1. The number of anilines is 1. The highest BCUT2D eigenvalue weighted by Gasteiger charge is 2.29. The molecule has 1 fully saturated rings. The van der Waals surface area contributed by atoms with Crippen molar-refractivity contribution >= 4 is 22.8 Å². The molecule has 0 spiro atoms. The predicted octanol–water partition coefficient (Wildman–Crippen LogP) is 3.59. The van der Waals surface area contributed by atoms with E-state index in [4.69, 9.17) is 0 Å². The fourth-order valence-corrected chi connectivity index (χ4v) is 4.65. The number of likely N-dealkylation sites (N-methyl/N-ethyl adjacent to an activating group) is 1. The van der Waals surface area contributed by atoms with E-state index in [2.05, 4.69) is 94.4 Å². The van der Waals surface area contributed by atoms with E-state index >= 15 is 0 Å². The van der Waals surface area contributed by atoms with E-state index in [1.165, 1.54) is 10.9 Å². The van der Waals surface area contributed by atoms with Crippen molar-refractivity contribution in [3.05, 3.63) is 41.9 Å². The number of carbonyl (C=O) groups excluding carboxylic acids is 1. The Labute approximate surface area is 196 Å². The number of fused-ring (bicyclic) bond motifs is 1. The molecular formula is C25H37N7O. The number of nitrogens with zero attached hydrogens (tertiary/aromatic N) is 4. The van der Waals surface area contributed by atoms with Gasteiger partial charge < -0.3 is 20.2 Å². The number of para-hydroxylation sites is 1. The molecule has 3 heterocycles.